The first-order valence-corrected chi connectivity index (χ1v) is 8.51. The van der Waals surface area contributed by atoms with Crippen LogP contribution < -0.4 is 4.74 Å². The molecule has 0 atom stereocenters. The molecule has 1 heterocycles. The molecule has 132 valence electrons. The molecule has 0 fully saturated rings. The van der Waals surface area contributed by atoms with E-state index in [1.54, 1.807) is 13.3 Å². The van der Waals surface area contributed by atoms with Crippen LogP contribution in [0.25, 0.3) is 11.1 Å². The smallest absolute Gasteiger partial charge is 0.307 e. The molecule has 26 heavy (non-hydrogen) atoms. The van der Waals surface area contributed by atoms with Crippen LogP contribution in [-0.4, -0.2) is 23.2 Å². The van der Waals surface area contributed by atoms with Crippen LogP contribution >= 0.6 is 11.6 Å². The zero-order chi connectivity index (χ0) is 18.5. The second-order valence-corrected chi connectivity index (χ2v) is 6.41. The summed E-state index contributed by atoms with van der Waals surface area (Å²) in [5.74, 6) is -0.281. The maximum atomic E-state index is 10.8. The number of carboxylic acids is 1. The number of hydrogen-bond donors (Lipinski definition) is 1. The molecule has 0 aliphatic carbocycles. The van der Waals surface area contributed by atoms with E-state index in [0.29, 0.717) is 17.3 Å². The highest BCUT2D eigenvalue weighted by Gasteiger charge is 2.10. The van der Waals surface area contributed by atoms with Crippen molar-refractivity contribution >= 4 is 17.6 Å². The van der Waals surface area contributed by atoms with Crippen molar-refractivity contribution in [2.75, 3.05) is 7.11 Å². The largest absolute Gasteiger partial charge is 0.481 e. The van der Waals surface area contributed by atoms with Gasteiger partial charge in [0, 0.05) is 16.8 Å². The van der Waals surface area contributed by atoms with Crippen LogP contribution in [0.3, 0.4) is 0 Å². The van der Waals surface area contributed by atoms with E-state index < -0.39 is 5.97 Å². The molecule has 0 aliphatic heterocycles. The number of halogens is 1. The third-order valence-corrected chi connectivity index (χ3v) is 4.26. The summed E-state index contributed by atoms with van der Waals surface area (Å²) < 4.78 is 5.39. The predicted octanol–water partition coefficient (Wildman–Crippen LogP) is 4.63. The lowest BCUT2D eigenvalue weighted by Gasteiger charge is -2.11. The molecule has 0 aliphatic rings. The van der Waals surface area contributed by atoms with E-state index in [1.807, 2.05) is 54.6 Å². The minimum absolute atomic E-state index is 0.0310. The summed E-state index contributed by atoms with van der Waals surface area (Å²) >= 11 is 6.11. The van der Waals surface area contributed by atoms with Crippen molar-refractivity contribution in [3.63, 3.8) is 0 Å². The van der Waals surface area contributed by atoms with Crippen molar-refractivity contribution in [1.82, 2.24) is 4.98 Å². The van der Waals surface area contributed by atoms with Crippen molar-refractivity contribution in [2.24, 2.45) is 0 Å². The molecule has 4 nitrogen and oxygen atoms in total. The van der Waals surface area contributed by atoms with Crippen molar-refractivity contribution < 1.29 is 14.6 Å². The number of benzene rings is 2. The lowest BCUT2D eigenvalue weighted by atomic mass is 10.0. The molecular weight excluding hydrogens is 350 g/mol. The Morgan fingerprint density at radius 1 is 1.08 bits per heavy atom. The Hall–Kier alpha value is -2.85. The van der Waals surface area contributed by atoms with Crippen LogP contribution in [0, 0.1) is 0 Å². The van der Waals surface area contributed by atoms with Crippen LogP contribution in [0.15, 0.2) is 60.8 Å². The quantitative estimate of drug-likeness (QED) is 0.690. The number of aliphatic carboxylic acids is 1. The van der Waals surface area contributed by atoms with Gasteiger partial charge in [0.1, 0.15) is 0 Å². The van der Waals surface area contributed by atoms with Crippen molar-refractivity contribution in [3.8, 4) is 17.0 Å². The summed E-state index contributed by atoms with van der Waals surface area (Å²) in [6.45, 7) is 0. The van der Waals surface area contributed by atoms with Crippen molar-refractivity contribution in [2.45, 2.75) is 12.8 Å². The zero-order valence-corrected chi connectivity index (χ0v) is 15.0. The standard InChI is InChI=1S/C21H18ClNO3/c1-26-21-19(17-3-2-4-18(22)12-17)10-16(13-23-21)9-14-5-7-15(8-6-14)11-20(24)25/h2-8,10,12-13H,9,11H2,1H3,(H,24,25). The summed E-state index contributed by atoms with van der Waals surface area (Å²) in [5.41, 5.74) is 4.74. The Balaban J connectivity index is 1.87. The van der Waals surface area contributed by atoms with E-state index in [1.165, 1.54) is 0 Å². The van der Waals surface area contributed by atoms with E-state index in [4.69, 9.17) is 21.4 Å². The van der Waals surface area contributed by atoms with Gasteiger partial charge in [-0.3, -0.25) is 4.79 Å². The molecule has 0 unspecified atom stereocenters. The molecule has 1 N–H and O–H groups in total. The fourth-order valence-electron chi connectivity index (χ4n) is 2.80. The van der Waals surface area contributed by atoms with E-state index >= 15 is 0 Å². The Labute approximate surface area is 157 Å². The minimum Gasteiger partial charge on any atom is -0.481 e. The number of hydrogen-bond acceptors (Lipinski definition) is 3. The molecule has 3 rings (SSSR count). The molecule has 0 saturated carbocycles. The van der Waals surface area contributed by atoms with Crippen LogP contribution in [0.5, 0.6) is 5.88 Å². The lowest BCUT2D eigenvalue weighted by molar-refractivity contribution is -0.136. The molecular formula is C21H18ClNO3. The van der Waals surface area contributed by atoms with Crippen LogP contribution in [0.2, 0.25) is 5.02 Å². The highest BCUT2D eigenvalue weighted by Crippen LogP contribution is 2.31. The number of pyridine rings is 1. The molecule has 0 spiro atoms. The normalized spacial score (nSPS) is 10.5. The summed E-state index contributed by atoms with van der Waals surface area (Å²) in [7, 11) is 1.59. The first kappa shape index (κ1) is 18.0. The third-order valence-electron chi connectivity index (χ3n) is 4.02. The van der Waals surface area contributed by atoms with Gasteiger partial charge < -0.3 is 9.84 Å². The number of ether oxygens (including phenoxy) is 1. The van der Waals surface area contributed by atoms with Gasteiger partial charge in [0.25, 0.3) is 0 Å². The monoisotopic (exact) mass is 367 g/mol. The number of carboxylic acid groups (broad SMARTS) is 1. The molecule has 0 saturated heterocycles. The first-order chi connectivity index (χ1) is 12.5. The van der Waals surface area contributed by atoms with Gasteiger partial charge in [-0.25, -0.2) is 4.98 Å². The topological polar surface area (TPSA) is 59.4 Å². The van der Waals surface area contributed by atoms with Gasteiger partial charge in [0.2, 0.25) is 5.88 Å². The zero-order valence-electron chi connectivity index (χ0n) is 14.3. The Morgan fingerprint density at radius 3 is 2.46 bits per heavy atom. The maximum absolute atomic E-state index is 10.8. The van der Waals surface area contributed by atoms with Gasteiger partial charge in [-0.2, -0.15) is 0 Å². The van der Waals surface area contributed by atoms with E-state index in [2.05, 4.69) is 4.98 Å². The molecule has 2 aromatic carbocycles. The second-order valence-electron chi connectivity index (χ2n) is 5.97. The average molecular weight is 368 g/mol. The molecule has 0 bridgehead atoms. The van der Waals surface area contributed by atoms with Gasteiger partial charge in [-0.05, 0) is 46.9 Å². The number of nitrogens with zero attached hydrogens (tertiary/aromatic N) is 1. The highest BCUT2D eigenvalue weighted by molar-refractivity contribution is 6.30. The maximum Gasteiger partial charge on any atom is 0.307 e. The third kappa shape index (κ3) is 4.41. The first-order valence-electron chi connectivity index (χ1n) is 8.13. The molecule has 5 heteroatoms. The van der Waals surface area contributed by atoms with E-state index in [9.17, 15) is 4.79 Å². The summed E-state index contributed by atoms with van der Waals surface area (Å²) in [5, 5.41) is 9.51. The molecule has 0 radical (unpaired) electrons. The molecule has 0 amide bonds. The fourth-order valence-corrected chi connectivity index (χ4v) is 2.99. The van der Waals surface area contributed by atoms with E-state index in [0.717, 1.165) is 27.8 Å². The summed E-state index contributed by atoms with van der Waals surface area (Å²) in [6, 6.07) is 17.2. The van der Waals surface area contributed by atoms with Crippen molar-refractivity contribution in [3.05, 3.63) is 82.5 Å². The fraction of sp³-hybridized carbons (Fsp3) is 0.143. The Kier molecular flexibility index (Phi) is 5.54. The number of methoxy groups -OCH3 is 1. The van der Waals surface area contributed by atoms with Gasteiger partial charge in [0.05, 0.1) is 13.5 Å². The summed E-state index contributed by atoms with van der Waals surface area (Å²) in [6.07, 6.45) is 2.51. The number of carbonyl (C=O) groups is 1. The minimum atomic E-state index is -0.830. The molecule has 3 aromatic rings. The van der Waals surface area contributed by atoms with Crippen LogP contribution in [-0.2, 0) is 17.6 Å². The highest BCUT2D eigenvalue weighted by atomic mass is 35.5. The Bertz CT molecular complexity index is 923. The lowest BCUT2D eigenvalue weighted by Crippen LogP contribution is -2.00. The Morgan fingerprint density at radius 2 is 1.81 bits per heavy atom. The number of aromatic nitrogens is 1. The van der Waals surface area contributed by atoms with Gasteiger partial charge >= 0.3 is 5.97 Å². The van der Waals surface area contributed by atoms with E-state index in [-0.39, 0.29) is 6.42 Å². The van der Waals surface area contributed by atoms with Crippen LogP contribution in [0.1, 0.15) is 16.7 Å². The van der Waals surface area contributed by atoms with Crippen molar-refractivity contribution in [1.29, 1.82) is 0 Å². The van der Waals surface area contributed by atoms with Gasteiger partial charge in [0.15, 0.2) is 0 Å². The average Bonchev–Trinajstić information content (AvgIpc) is 2.63. The second kappa shape index (κ2) is 8.02. The SMILES string of the molecule is COc1ncc(Cc2ccc(CC(=O)O)cc2)cc1-c1cccc(Cl)c1. The van der Waals surface area contributed by atoms with Crippen LogP contribution in [0.4, 0.5) is 0 Å². The molecule has 1 aromatic heterocycles. The number of rotatable bonds is 6. The van der Waals surface area contributed by atoms with Gasteiger partial charge in [-0.1, -0.05) is 48.0 Å². The predicted molar refractivity (Wildman–Crippen MR) is 102 cm³/mol. The summed E-state index contributed by atoms with van der Waals surface area (Å²) in [4.78, 5) is 15.2. The van der Waals surface area contributed by atoms with Gasteiger partial charge in [-0.15, -0.1) is 0 Å².